The Balaban J connectivity index is 2.02. The summed E-state index contributed by atoms with van der Waals surface area (Å²) < 4.78 is 3.18. The molecule has 5 nitrogen and oxygen atoms in total. The normalized spacial score (nSPS) is 17.1. The molecule has 1 aliphatic carbocycles. The molecule has 23 heavy (non-hydrogen) atoms. The molecule has 0 aliphatic heterocycles. The van der Waals surface area contributed by atoms with Crippen LogP contribution < -0.4 is 5.69 Å². The minimum atomic E-state index is -0.770. The Hall–Kier alpha value is -2.30. The smallest absolute Gasteiger partial charge is 0.332 e. The molecule has 5 heteroatoms. The zero-order chi connectivity index (χ0) is 16.6. The molecule has 0 bridgehead atoms. The zero-order valence-electron chi connectivity index (χ0n) is 13.6. The van der Waals surface area contributed by atoms with Crippen LogP contribution in [-0.2, 0) is 17.3 Å². The number of carboxylic acids is 1. The lowest BCUT2D eigenvalue weighted by atomic mass is 9.69. The maximum atomic E-state index is 12.2. The Bertz CT molecular complexity index is 778. The third kappa shape index (κ3) is 2.50. The standard InChI is InChI=1S/C18H22N2O3/c1-13-12-19(2)17(23)20(13)15-8-6-14(7-9-15)18(16(21)22)10-4-3-5-11-18/h6-9,12H,3-5,10-11H2,1-2H3,(H,21,22). The lowest BCUT2D eigenvalue weighted by molar-refractivity contribution is -0.145. The van der Waals surface area contributed by atoms with E-state index in [9.17, 15) is 14.7 Å². The summed E-state index contributed by atoms with van der Waals surface area (Å²) in [7, 11) is 1.72. The average Bonchev–Trinajstić information content (AvgIpc) is 2.81. The van der Waals surface area contributed by atoms with Crippen molar-refractivity contribution in [1.29, 1.82) is 0 Å². The first-order valence-electron chi connectivity index (χ1n) is 8.05. The van der Waals surface area contributed by atoms with E-state index in [1.165, 1.54) is 0 Å². The molecule has 1 aromatic heterocycles. The molecule has 0 amide bonds. The predicted octanol–water partition coefficient (Wildman–Crippen LogP) is 2.77. The molecule has 0 atom stereocenters. The highest BCUT2D eigenvalue weighted by atomic mass is 16.4. The SMILES string of the molecule is Cc1cn(C)c(=O)n1-c1ccc(C2(C(=O)O)CCCCC2)cc1. The Morgan fingerprint density at radius 2 is 1.74 bits per heavy atom. The zero-order valence-corrected chi connectivity index (χ0v) is 13.6. The summed E-state index contributed by atoms with van der Waals surface area (Å²) in [5.41, 5.74) is 1.60. The third-order valence-electron chi connectivity index (χ3n) is 5.02. The number of nitrogens with zero attached hydrogens (tertiary/aromatic N) is 2. The summed E-state index contributed by atoms with van der Waals surface area (Å²) in [5, 5.41) is 9.76. The Kier molecular flexibility index (Phi) is 3.88. The quantitative estimate of drug-likeness (QED) is 0.947. The highest BCUT2D eigenvalue weighted by molar-refractivity contribution is 5.81. The highest BCUT2D eigenvalue weighted by Gasteiger charge is 2.41. The van der Waals surface area contributed by atoms with E-state index in [0.717, 1.165) is 36.2 Å². The molecule has 122 valence electrons. The van der Waals surface area contributed by atoms with Crippen molar-refractivity contribution in [2.24, 2.45) is 7.05 Å². The number of hydrogen-bond donors (Lipinski definition) is 1. The summed E-state index contributed by atoms with van der Waals surface area (Å²) in [4.78, 5) is 24.1. The van der Waals surface area contributed by atoms with E-state index in [2.05, 4.69) is 0 Å². The van der Waals surface area contributed by atoms with E-state index >= 15 is 0 Å². The molecule has 2 aromatic rings. The lowest BCUT2D eigenvalue weighted by Crippen LogP contribution is -2.37. The van der Waals surface area contributed by atoms with Gasteiger partial charge in [-0.1, -0.05) is 31.4 Å². The first-order chi connectivity index (χ1) is 11.0. The van der Waals surface area contributed by atoms with Crippen LogP contribution in [0.2, 0.25) is 0 Å². The van der Waals surface area contributed by atoms with Crippen molar-refractivity contribution >= 4 is 5.97 Å². The molecule has 1 saturated carbocycles. The first kappa shape index (κ1) is 15.6. The molecule has 1 fully saturated rings. The topological polar surface area (TPSA) is 64.2 Å². The minimum Gasteiger partial charge on any atom is -0.481 e. The fraction of sp³-hybridized carbons (Fsp3) is 0.444. The molecular formula is C18H22N2O3. The van der Waals surface area contributed by atoms with Gasteiger partial charge in [-0.25, -0.2) is 4.79 Å². The van der Waals surface area contributed by atoms with Gasteiger partial charge >= 0.3 is 11.7 Å². The second-order valence-corrected chi connectivity index (χ2v) is 6.49. The first-order valence-corrected chi connectivity index (χ1v) is 8.05. The van der Waals surface area contributed by atoms with E-state index in [1.807, 2.05) is 31.2 Å². The summed E-state index contributed by atoms with van der Waals surface area (Å²) in [5.74, 6) is -0.738. The predicted molar refractivity (Wildman–Crippen MR) is 88.1 cm³/mol. The van der Waals surface area contributed by atoms with Crippen molar-refractivity contribution in [2.75, 3.05) is 0 Å². The summed E-state index contributed by atoms with van der Waals surface area (Å²) in [6.45, 7) is 1.88. The van der Waals surface area contributed by atoms with Crippen molar-refractivity contribution in [3.63, 3.8) is 0 Å². The minimum absolute atomic E-state index is 0.0964. The molecule has 0 unspecified atom stereocenters. The number of carboxylic acid groups (broad SMARTS) is 1. The number of carbonyl (C=O) groups is 1. The molecule has 0 spiro atoms. The molecule has 1 N–H and O–H groups in total. The largest absolute Gasteiger partial charge is 0.481 e. The fourth-order valence-electron chi connectivity index (χ4n) is 3.73. The number of hydrogen-bond acceptors (Lipinski definition) is 2. The van der Waals surface area contributed by atoms with Gasteiger partial charge in [0.05, 0.1) is 11.1 Å². The van der Waals surface area contributed by atoms with Gasteiger partial charge in [-0.2, -0.15) is 0 Å². The van der Waals surface area contributed by atoms with Crippen LogP contribution >= 0.6 is 0 Å². The van der Waals surface area contributed by atoms with Gasteiger partial charge in [-0.05, 0) is 37.5 Å². The molecule has 3 rings (SSSR count). The summed E-state index contributed by atoms with van der Waals surface area (Å²) in [6.07, 6.45) is 6.16. The molecule has 1 aliphatic rings. The molecule has 1 aromatic carbocycles. The van der Waals surface area contributed by atoms with Crippen LogP contribution in [-0.4, -0.2) is 20.2 Å². The number of rotatable bonds is 3. The molecular weight excluding hydrogens is 292 g/mol. The van der Waals surface area contributed by atoms with Crippen LogP contribution in [0, 0.1) is 6.92 Å². The maximum absolute atomic E-state index is 12.2. The second kappa shape index (κ2) is 5.72. The number of aromatic nitrogens is 2. The van der Waals surface area contributed by atoms with Gasteiger partial charge in [-0.15, -0.1) is 0 Å². The van der Waals surface area contributed by atoms with Crippen molar-refractivity contribution in [1.82, 2.24) is 9.13 Å². The van der Waals surface area contributed by atoms with Gasteiger partial charge in [0.2, 0.25) is 0 Å². The van der Waals surface area contributed by atoms with E-state index in [4.69, 9.17) is 0 Å². The van der Waals surface area contributed by atoms with E-state index in [-0.39, 0.29) is 5.69 Å². The average molecular weight is 314 g/mol. The summed E-state index contributed by atoms with van der Waals surface area (Å²) >= 11 is 0. The lowest BCUT2D eigenvalue weighted by Gasteiger charge is -2.33. The Morgan fingerprint density at radius 1 is 1.13 bits per heavy atom. The molecule has 0 saturated heterocycles. The van der Waals surface area contributed by atoms with Gasteiger partial charge in [-0.3, -0.25) is 9.36 Å². The number of imidazole rings is 1. The summed E-state index contributed by atoms with van der Waals surface area (Å²) in [6, 6.07) is 7.44. The molecule has 0 radical (unpaired) electrons. The van der Waals surface area contributed by atoms with Gasteiger partial charge in [0, 0.05) is 18.9 Å². The van der Waals surface area contributed by atoms with E-state index < -0.39 is 11.4 Å². The number of benzene rings is 1. The van der Waals surface area contributed by atoms with Gasteiger partial charge in [0.1, 0.15) is 0 Å². The van der Waals surface area contributed by atoms with Gasteiger partial charge in [0.25, 0.3) is 0 Å². The van der Waals surface area contributed by atoms with Crippen molar-refractivity contribution < 1.29 is 9.90 Å². The second-order valence-electron chi connectivity index (χ2n) is 6.49. The maximum Gasteiger partial charge on any atom is 0.332 e. The van der Waals surface area contributed by atoms with Gasteiger partial charge < -0.3 is 9.67 Å². The number of aliphatic carboxylic acids is 1. The van der Waals surface area contributed by atoms with E-state index in [0.29, 0.717) is 12.8 Å². The third-order valence-corrected chi connectivity index (χ3v) is 5.02. The van der Waals surface area contributed by atoms with Crippen LogP contribution in [0.4, 0.5) is 0 Å². The van der Waals surface area contributed by atoms with Crippen LogP contribution in [0.1, 0.15) is 43.4 Å². The Morgan fingerprint density at radius 3 is 2.22 bits per heavy atom. The van der Waals surface area contributed by atoms with Gasteiger partial charge in [0.15, 0.2) is 0 Å². The van der Waals surface area contributed by atoms with Crippen LogP contribution in [0.25, 0.3) is 5.69 Å². The van der Waals surface area contributed by atoms with Crippen molar-refractivity contribution in [3.8, 4) is 5.69 Å². The van der Waals surface area contributed by atoms with Crippen LogP contribution in [0.3, 0.4) is 0 Å². The monoisotopic (exact) mass is 314 g/mol. The Labute approximate surface area is 135 Å². The number of aryl methyl sites for hydroxylation is 2. The van der Waals surface area contributed by atoms with E-state index in [1.54, 1.807) is 22.4 Å². The fourth-order valence-corrected chi connectivity index (χ4v) is 3.73. The van der Waals surface area contributed by atoms with Crippen molar-refractivity contribution in [2.45, 2.75) is 44.4 Å². The van der Waals surface area contributed by atoms with Crippen LogP contribution in [0.5, 0.6) is 0 Å². The highest BCUT2D eigenvalue weighted by Crippen LogP contribution is 2.39. The van der Waals surface area contributed by atoms with Crippen LogP contribution in [0.15, 0.2) is 35.3 Å². The van der Waals surface area contributed by atoms with Crippen molar-refractivity contribution in [3.05, 3.63) is 52.2 Å². The molecule has 1 heterocycles.